The molecule has 0 fully saturated rings. The van der Waals surface area contributed by atoms with E-state index < -0.39 is 0 Å². The molecule has 0 spiro atoms. The van der Waals surface area contributed by atoms with Gasteiger partial charge < -0.3 is 9.80 Å². The first-order valence-corrected chi connectivity index (χ1v) is 8.20. The minimum atomic E-state index is -0.326. The zero-order valence-electron chi connectivity index (χ0n) is 13.2. The summed E-state index contributed by atoms with van der Waals surface area (Å²) in [5.41, 5.74) is 1.94. The van der Waals surface area contributed by atoms with Crippen molar-refractivity contribution in [1.82, 2.24) is 4.90 Å². The lowest BCUT2D eigenvalue weighted by molar-refractivity contribution is -0.385. The third kappa shape index (κ3) is 5.63. The minimum absolute atomic E-state index is 0.174. The molecule has 5 nitrogen and oxygen atoms in total. The molecule has 0 aromatic heterocycles. The van der Waals surface area contributed by atoms with Crippen molar-refractivity contribution in [2.24, 2.45) is 5.92 Å². The second-order valence-electron chi connectivity index (χ2n) is 5.85. The number of rotatable bonds is 8. The monoisotopic (exact) mass is 357 g/mol. The molecule has 0 amide bonds. The van der Waals surface area contributed by atoms with E-state index in [1.165, 1.54) is 0 Å². The highest BCUT2D eigenvalue weighted by Crippen LogP contribution is 2.27. The molecule has 118 valence electrons. The van der Waals surface area contributed by atoms with E-state index in [-0.39, 0.29) is 10.6 Å². The van der Waals surface area contributed by atoms with E-state index in [1.54, 1.807) is 6.07 Å². The predicted molar refractivity (Wildman–Crippen MR) is 91.3 cm³/mol. The molecule has 0 aliphatic heterocycles. The molecule has 0 aliphatic rings. The van der Waals surface area contributed by atoms with Gasteiger partial charge >= 0.3 is 0 Å². The van der Waals surface area contributed by atoms with Crippen molar-refractivity contribution in [1.29, 1.82) is 0 Å². The van der Waals surface area contributed by atoms with E-state index in [0.717, 1.165) is 30.9 Å². The molecule has 1 aromatic rings. The molecule has 0 unspecified atom stereocenters. The van der Waals surface area contributed by atoms with Gasteiger partial charge in [0.05, 0.1) is 4.92 Å². The highest BCUT2D eigenvalue weighted by molar-refractivity contribution is 9.08. The van der Waals surface area contributed by atoms with Crippen LogP contribution in [0.2, 0.25) is 0 Å². The Labute approximate surface area is 135 Å². The molecule has 1 aromatic carbocycles. The van der Waals surface area contributed by atoms with Crippen LogP contribution < -0.4 is 4.90 Å². The summed E-state index contributed by atoms with van der Waals surface area (Å²) in [6.07, 6.45) is 0. The Morgan fingerprint density at radius 2 is 1.95 bits per heavy atom. The van der Waals surface area contributed by atoms with Crippen molar-refractivity contribution >= 4 is 27.3 Å². The van der Waals surface area contributed by atoms with Crippen LogP contribution in [0.3, 0.4) is 0 Å². The average Bonchev–Trinajstić information content (AvgIpc) is 2.42. The van der Waals surface area contributed by atoms with Crippen LogP contribution >= 0.6 is 15.9 Å². The topological polar surface area (TPSA) is 49.6 Å². The Hall–Kier alpha value is -1.14. The largest absolute Gasteiger partial charge is 0.370 e. The fraction of sp³-hybridized carbons (Fsp3) is 0.600. The van der Waals surface area contributed by atoms with Gasteiger partial charge in [-0.1, -0.05) is 29.8 Å². The lowest BCUT2D eigenvalue weighted by Crippen LogP contribution is -2.34. The Bertz CT molecular complexity index is 478. The Morgan fingerprint density at radius 3 is 2.43 bits per heavy atom. The number of nitro benzene ring substituents is 1. The molecule has 0 atom stereocenters. The van der Waals surface area contributed by atoms with Crippen LogP contribution in [0.4, 0.5) is 11.4 Å². The average molecular weight is 358 g/mol. The summed E-state index contributed by atoms with van der Waals surface area (Å²) < 4.78 is 0. The number of halogens is 1. The number of hydrogen-bond donors (Lipinski definition) is 0. The third-order valence-electron chi connectivity index (χ3n) is 3.17. The van der Waals surface area contributed by atoms with E-state index in [9.17, 15) is 10.1 Å². The summed E-state index contributed by atoms with van der Waals surface area (Å²) in [4.78, 5) is 15.1. The van der Waals surface area contributed by atoms with Gasteiger partial charge in [0.2, 0.25) is 0 Å². The zero-order valence-corrected chi connectivity index (χ0v) is 14.8. The number of benzene rings is 1. The van der Waals surface area contributed by atoms with E-state index >= 15 is 0 Å². The number of nitrogens with zero attached hydrogens (tertiary/aromatic N) is 3. The van der Waals surface area contributed by atoms with Gasteiger partial charge in [-0.05, 0) is 32.1 Å². The van der Waals surface area contributed by atoms with E-state index in [2.05, 4.69) is 39.6 Å². The van der Waals surface area contributed by atoms with E-state index in [4.69, 9.17) is 0 Å². The summed E-state index contributed by atoms with van der Waals surface area (Å²) in [7, 11) is 4.10. The van der Waals surface area contributed by atoms with Crippen LogP contribution in [0.5, 0.6) is 0 Å². The SMILES string of the molecule is CC(C)CN(CCN(C)C)c1ccc([N+](=O)[O-])c(CBr)c1. The van der Waals surface area contributed by atoms with Gasteiger partial charge in [-0.3, -0.25) is 10.1 Å². The smallest absolute Gasteiger partial charge is 0.273 e. The molecule has 1 rings (SSSR count). The molecule has 0 heterocycles. The molecule has 0 saturated carbocycles. The van der Waals surface area contributed by atoms with Crippen LogP contribution in [0.15, 0.2) is 18.2 Å². The van der Waals surface area contributed by atoms with Crippen molar-refractivity contribution in [3.63, 3.8) is 0 Å². The van der Waals surface area contributed by atoms with Gasteiger partial charge in [0.25, 0.3) is 5.69 Å². The quantitative estimate of drug-likeness (QED) is 0.405. The molecule has 0 saturated heterocycles. The number of likely N-dealkylation sites (N-methyl/N-ethyl adjacent to an activating group) is 1. The van der Waals surface area contributed by atoms with Crippen LogP contribution in [-0.2, 0) is 5.33 Å². The fourth-order valence-corrected chi connectivity index (χ4v) is 2.59. The molecule has 0 bridgehead atoms. The number of nitro groups is 1. The summed E-state index contributed by atoms with van der Waals surface area (Å²) >= 11 is 3.34. The van der Waals surface area contributed by atoms with Crippen molar-refractivity contribution in [2.75, 3.05) is 38.6 Å². The maximum absolute atomic E-state index is 11.0. The number of hydrogen-bond acceptors (Lipinski definition) is 4. The molecular formula is C15H24BrN3O2. The molecule has 21 heavy (non-hydrogen) atoms. The van der Waals surface area contributed by atoms with Gasteiger partial charge in [-0.15, -0.1) is 0 Å². The molecule has 0 radical (unpaired) electrons. The Balaban J connectivity index is 3.03. The summed E-state index contributed by atoms with van der Waals surface area (Å²) in [6.45, 7) is 7.16. The van der Waals surface area contributed by atoms with Gasteiger partial charge in [0.15, 0.2) is 0 Å². The number of anilines is 1. The maximum Gasteiger partial charge on any atom is 0.273 e. The first-order valence-electron chi connectivity index (χ1n) is 7.08. The Morgan fingerprint density at radius 1 is 1.29 bits per heavy atom. The van der Waals surface area contributed by atoms with Crippen molar-refractivity contribution in [3.05, 3.63) is 33.9 Å². The van der Waals surface area contributed by atoms with Gasteiger partial charge in [-0.2, -0.15) is 0 Å². The van der Waals surface area contributed by atoms with Crippen LogP contribution in [0.25, 0.3) is 0 Å². The van der Waals surface area contributed by atoms with Crippen molar-refractivity contribution in [3.8, 4) is 0 Å². The molecular weight excluding hydrogens is 334 g/mol. The number of alkyl halides is 1. The lowest BCUT2D eigenvalue weighted by Gasteiger charge is -2.28. The summed E-state index contributed by atoms with van der Waals surface area (Å²) in [5, 5.41) is 11.5. The minimum Gasteiger partial charge on any atom is -0.370 e. The van der Waals surface area contributed by atoms with Crippen LogP contribution in [-0.4, -0.2) is 43.6 Å². The molecule has 0 aliphatic carbocycles. The molecule has 0 N–H and O–H groups in total. The second-order valence-corrected chi connectivity index (χ2v) is 6.41. The van der Waals surface area contributed by atoms with Gasteiger partial charge in [0.1, 0.15) is 0 Å². The van der Waals surface area contributed by atoms with Crippen LogP contribution in [0, 0.1) is 16.0 Å². The first-order chi connectivity index (χ1) is 9.85. The maximum atomic E-state index is 11.0. The van der Waals surface area contributed by atoms with Crippen molar-refractivity contribution in [2.45, 2.75) is 19.2 Å². The van der Waals surface area contributed by atoms with Crippen molar-refractivity contribution < 1.29 is 4.92 Å². The zero-order chi connectivity index (χ0) is 16.0. The standard InChI is InChI=1S/C15H24BrN3O2/c1-12(2)11-18(8-7-17(3)4)14-5-6-15(19(20)21)13(9-14)10-16/h5-6,9,12H,7-8,10-11H2,1-4H3. The third-order valence-corrected chi connectivity index (χ3v) is 3.78. The van der Waals surface area contributed by atoms with E-state index in [1.807, 2.05) is 26.2 Å². The lowest BCUT2D eigenvalue weighted by atomic mass is 10.1. The van der Waals surface area contributed by atoms with Crippen LogP contribution in [0.1, 0.15) is 19.4 Å². The normalized spacial score (nSPS) is 11.2. The van der Waals surface area contributed by atoms with E-state index in [0.29, 0.717) is 11.2 Å². The first kappa shape index (κ1) is 17.9. The highest BCUT2D eigenvalue weighted by atomic mass is 79.9. The Kier molecular flexibility index (Phi) is 7.11. The summed E-state index contributed by atoms with van der Waals surface area (Å²) in [5.74, 6) is 0.537. The second kappa shape index (κ2) is 8.34. The predicted octanol–water partition coefficient (Wildman–Crippen LogP) is 3.51. The highest BCUT2D eigenvalue weighted by Gasteiger charge is 2.16. The fourth-order valence-electron chi connectivity index (χ4n) is 2.14. The summed E-state index contributed by atoms with van der Waals surface area (Å²) in [6, 6.07) is 5.38. The van der Waals surface area contributed by atoms with Gasteiger partial charge in [0, 0.05) is 42.3 Å². The molecule has 6 heteroatoms. The van der Waals surface area contributed by atoms with Gasteiger partial charge in [-0.25, -0.2) is 0 Å².